The highest BCUT2D eigenvalue weighted by molar-refractivity contribution is 5.90. The van der Waals surface area contributed by atoms with Crippen LogP contribution in [0.15, 0.2) is 64.2 Å². The van der Waals surface area contributed by atoms with Crippen molar-refractivity contribution >= 4 is 11.7 Å². The highest BCUT2D eigenvalue weighted by Crippen LogP contribution is 2.44. The molecule has 1 aromatic heterocycles. The van der Waals surface area contributed by atoms with Crippen LogP contribution in [-0.2, 0) is 11.8 Å². The standard InChI is InChI=1S/C23H22N4O4/c1-25-20(28)14-19(24-23(25)30)26-10-12-27(13-11-26)22(29)21-15-6-2-4-8-17(15)31-18-9-5-3-7-16(18)21/h2-9,14,21H,10-13H2,1H3,(H,24,30). The van der Waals surface area contributed by atoms with Gasteiger partial charge in [0.05, 0.1) is 5.92 Å². The molecule has 1 N–H and O–H groups in total. The summed E-state index contributed by atoms with van der Waals surface area (Å²) in [4.78, 5) is 44.0. The monoisotopic (exact) mass is 418 g/mol. The highest BCUT2D eigenvalue weighted by Gasteiger charge is 2.36. The number of aromatic amines is 1. The highest BCUT2D eigenvalue weighted by atomic mass is 16.5. The van der Waals surface area contributed by atoms with E-state index in [1.165, 1.54) is 13.1 Å². The minimum Gasteiger partial charge on any atom is -0.457 e. The first-order chi connectivity index (χ1) is 15.0. The number of anilines is 1. The van der Waals surface area contributed by atoms with E-state index in [0.717, 1.165) is 15.7 Å². The summed E-state index contributed by atoms with van der Waals surface area (Å²) in [6.07, 6.45) is 0. The minimum absolute atomic E-state index is 0.0281. The normalized spacial score (nSPS) is 15.8. The summed E-state index contributed by atoms with van der Waals surface area (Å²) in [6.45, 7) is 2.05. The van der Waals surface area contributed by atoms with Crippen molar-refractivity contribution in [3.63, 3.8) is 0 Å². The Morgan fingerprint density at radius 2 is 1.52 bits per heavy atom. The molecule has 3 heterocycles. The Morgan fingerprint density at radius 1 is 0.935 bits per heavy atom. The number of nitrogens with zero attached hydrogens (tertiary/aromatic N) is 3. The number of rotatable bonds is 2. The van der Waals surface area contributed by atoms with Crippen molar-refractivity contribution in [2.24, 2.45) is 7.05 Å². The Balaban J connectivity index is 1.39. The molecule has 0 bridgehead atoms. The number of fused-ring (bicyclic) bond motifs is 2. The van der Waals surface area contributed by atoms with Crippen molar-refractivity contribution in [2.75, 3.05) is 31.1 Å². The maximum absolute atomic E-state index is 13.6. The number of carbonyl (C=O) groups is 1. The Kier molecular flexibility index (Phi) is 4.62. The van der Waals surface area contributed by atoms with E-state index in [-0.39, 0.29) is 11.5 Å². The molecule has 1 fully saturated rings. The van der Waals surface area contributed by atoms with Crippen molar-refractivity contribution in [1.82, 2.24) is 14.5 Å². The number of aromatic nitrogens is 2. The lowest BCUT2D eigenvalue weighted by Gasteiger charge is -2.38. The number of hydrogen-bond donors (Lipinski definition) is 1. The number of nitrogens with one attached hydrogen (secondary N) is 1. The molecule has 2 aliphatic rings. The van der Waals surface area contributed by atoms with Crippen LogP contribution < -0.4 is 20.9 Å². The molecular weight excluding hydrogens is 396 g/mol. The summed E-state index contributed by atoms with van der Waals surface area (Å²) in [5, 5.41) is 0. The topological polar surface area (TPSA) is 87.6 Å². The molecular formula is C23H22N4O4. The number of carbonyl (C=O) groups excluding carboxylic acids is 1. The van der Waals surface area contributed by atoms with Gasteiger partial charge in [0, 0.05) is 50.4 Å². The van der Waals surface area contributed by atoms with Gasteiger partial charge in [0.1, 0.15) is 17.3 Å². The molecule has 0 radical (unpaired) electrons. The fraction of sp³-hybridized carbons (Fsp3) is 0.261. The van der Waals surface area contributed by atoms with E-state index in [4.69, 9.17) is 4.74 Å². The van der Waals surface area contributed by atoms with Gasteiger partial charge in [-0.1, -0.05) is 36.4 Å². The second-order valence-corrected chi connectivity index (χ2v) is 7.78. The van der Waals surface area contributed by atoms with E-state index in [9.17, 15) is 14.4 Å². The molecule has 0 atom stereocenters. The third-order valence-electron chi connectivity index (χ3n) is 5.99. The van der Waals surface area contributed by atoms with E-state index >= 15 is 0 Å². The Hall–Kier alpha value is -3.81. The smallest absolute Gasteiger partial charge is 0.329 e. The van der Waals surface area contributed by atoms with Gasteiger partial charge < -0.3 is 14.5 Å². The Labute approximate surface area is 178 Å². The van der Waals surface area contributed by atoms with Gasteiger partial charge in [-0.25, -0.2) is 4.79 Å². The van der Waals surface area contributed by atoms with E-state index in [2.05, 4.69) is 4.98 Å². The number of amides is 1. The molecule has 0 saturated carbocycles. The van der Waals surface area contributed by atoms with Gasteiger partial charge in [0.15, 0.2) is 0 Å². The summed E-state index contributed by atoms with van der Waals surface area (Å²) in [6, 6.07) is 16.7. The van der Waals surface area contributed by atoms with Gasteiger partial charge in [-0.15, -0.1) is 0 Å². The van der Waals surface area contributed by atoms with Crippen molar-refractivity contribution in [3.05, 3.63) is 86.6 Å². The van der Waals surface area contributed by atoms with E-state index in [1.807, 2.05) is 58.3 Å². The molecule has 8 nitrogen and oxygen atoms in total. The van der Waals surface area contributed by atoms with Crippen LogP contribution in [-0.4, -0.2) is 46.5 Å². The Bertz CT molecular complexity index is 1190. The third-order valence-corrected chi connectivity index (χ3v) is 5.99. The molecule has 2 aliphatic heterocycles. The van der Waals surface area contributed by atoms with Gasteiger partial charge in [-0.2, -0.15) is 0 Å². The van der Waals surface area contributed by atoms with Crippen LogP contribution in [0.2, 0.25) is 0 Å². The van der Waals surface area contributed by atoms with Gasteiger partial charge in [0.25, 0.3) is 5.56 Å². The quantitative estimate of drug-likeness (QED) is 0.684. The van der Waals surface area contributed by atoms with Crippen LogP contribution in [0.5, 0.6) is 11.5 Å². The maximum Gasteiger partial charge on any atom is 0.329 e. The number of hydrogen-bond acceptors (Lipinski definition) is 5. The molecule has 0 spiro atoms. The van der Waals surface area contributed by atoms with Crippen LogP contribution >= 0.6 is 0 Å². The molecule has 2 aromatic carbocycles. The predicted molar refractivity (Wildman–Crippen MR) is 116 cm³/mol. The summed E-state index contributed by atoms with van der Waals surface area (Å²) in [5.74, 6) is 1.51. The van der Waals surface area contributed by atoms with Crippen LogP contribution in [0.25, 0.3) is 0 Å². The number of H-pyrrole nitrogens is 1. The predicted octanol–water partition coefficient (Wildman–Crippen LogP) is 1.66. The zero-order valence-corrected chi connectivity index (χ0v) is 17.1. The van der Waals surface area contributed by atoms with Gasteiger partial charge >= 0.3 is 5.69 Å². The lowest BCUT2D eigenvalue weighted by molar-refractivity contribution is -0.132. The summed E-state index contributed by atoms with van der Waals surface area (Å²) in [7, 11) is 1.44. The number of benzene rings is 2. The summed E-state index contributed by atoms with van der Waals surface area (Å²) >= 11 is 0. The maximum atomic E-state index is 13.6. The average Bonchev–Trinajstić information content (AvgIpc) is 2.80. The second kappa shape index (κ2) is 7.46. The van der Waals surface area contributed by atoms with Crippen molar-refractivity contribution in [1.29, 1.82) is 0 Å². The molecule has 0 aliphatic carbocycles. The van der Waals surface area contributed by atoms with Crippen LogP contribution in [0.4, 0.5) is 5.82 Å². The van der Waals surface area contributed by atoms with E-state index < -0.39 is 11.6 Å². The average molecular weight is 418 g/mol. The van der Waals surface area contributed by atoms with Crippen LogP contribution in [0, 0.1) is 0 Å². The first-order valence-electron chi connectivity index (χ1n) is 10.2. The zero-order chi connectivity index (χ0) is 21.5. The molecule has 1 saturated heterocycles. The molecule has 0 unspecified atom stereocenters. The van der Waals surface area contributed by atoms with E-state index in [1.54, 1.807) is 0 Å². The van der Waals surface area contributed by atoms with Crippen molar-refractivity contribution < 1.29 is 9.53 Å². The minimum atomic E-state index is -0.448. The number of piperazine rings is 1. The first-order valence-corrected chi connectivity index (χ1v) is 10.2. The summed E-state index contributed by atoms with van der Waals surface area (Å²) in [5.41, 5.74) is 0.929. The van der Waals surface area contributed by atoms with Crippen molar-refractivity contribution in [2.45, 2.75) is 5.92 Å². The van der Waals surface area contributed by atoms with Crippen LogP contribution in [0.1, 0.15) is 17.0 Å². The molecule has 31 heavy (non-hydrogen) atoms. The molecule has 8 heteroatoms. The molecule has 158 valence electrons. The fourth-order valence-corrected chi connectivity index (χ4v) is 4.24. The number of ether oxygens (including phenoxy) is 1. The Morgan fingerprint density at radius 3 is 2.10 bits per heavy atom. The molecule has 3 aromatic rings. The van der Waals surface area contributed by atoms with Gasteiger partial charge in [-0.05, 0) is 12.1 Å². The van der Waals surface area contributed by atoms with Gasteiger partial charge in [0.2, 0.25) is 5.91 Å². The summed E-state index contributed by atoms with van der Waals surface area (Å²) < 4.78 is 7.04. The molecule has 5 rings (SSSR count). The first kappa shape index (κ1) is 19.2. The second-order valence-electron chi connectivity index (χ2n) is 7.78. The lowest BCUT2D eigenvalue weighted by Crippen LogP contribution is -2.51. The largest absolute Gasteiger partial charge is 0.457 e. The SMILES string of the molecule is Cn1c(=O)cc(N2CCN(C(=O)C3c4ccccc4Oc4ccccc43)CC2)[nH]c1=O. The van der Waals surface area contributed by atoms with Crippen LogP contribution in [0.3, 0.4) is 0 Å². The molecule has 1 amide bonds. The fourth-order valence-electron chi connectivity index (χ4n) is 4.24. The lowest BCUT2D eigenvalue weighted by atomic mass is 9.86. The van der Waals surface area contributed by atoms with E-state index in [0.29, 0.717) is 43.5 Å². The van der Waals surface area contributed by atoms with Gasteiger partial charge in [-0.3, -0.25) is 19.1 Å². The zero-order valence-electron chi connectivity index (χ0n) is 17.1. The van der Waals surface area contributed by atoms with Crippen molar-refractivity contribution in [3.8, 4) is 11.5 Å². The third kappa shape index (κ3) is 3.30. The number of para-hydroxylation sites is 2.